The minimum absolute atomic E-state index is 0.443. The second-order valence-electron chi connectivity index (χ2n) is 17.3. The van der Waals surface area contributed by atoms with E-state index < -0.39 is 24.1 Å². The van der Waals surface area contributed by atoms with E-state index in [-0.39, 0.29) is 0 Å². The molecule has 0 N–H and O–H groups in total. The zero-order chi connectivity index (χ0) is 39.8. The first-order valence-electron chi connectivity index (χ1n) is 23.3. The molecule has 2 aromatic carbocycles. The predicted molar refractivity (Wildman–Crippen MR) is 230 cm³/mol. The Kier molecular flexibility index (Phi) is 21.9. The molecule has 4 unspecified atom stereocenters. The highest BCUT2D eigenvalue weighted by Crippen LogP contribution is 2.38. The van der Waals surface area contributed by atoms with Gasteiger partial charge in [0, 0.05) is 0 Å². The summed E-state index contributed by atoms with van der Waals surface area (Å²) in [4.78, 5) is 25.9. The van der Waals surface area contributed by atoms with E-state index in [1.807, 2.05) is 24.3 Å². The van der Waals surface area contributed by atoms with Crippen molar-refractivity contribution in [2.75, 3.05) is 13.2 Å². The lowest BCUT2D eigenvalue weighted by molar-refractivity contribution is -0.0239. The quantitative estimate of drug-likeness (QED) is 0.0665. The van der Waals surface area contributed by atoms with Crippen molar-refractivity contribution in [2.45, 2.75) is 194 Å². The van der Waals surface area contributed by atoms with E-state index in [1.54, 1.807) is 38.1 Å². The molecule has 0 heterocycles. The molecule has 0 saturated heterocycles. The summed E-state index contributed by atoms with van der Waals surface area (Å²) in [5, 5.41) is 0. The van der Waals surface area contributed by atoms with Crippen LogP contribution in [-0.2, 0) is 9.47 Å². The van der Waals surface area contributed by atoms with Crippen molar-refractivity contribution in [1.29, 1.82) is 0 Å². The molecular weight excluding hydrogens is 697 g/mol. The summed E-state index contributed by atoms with van der Waals surface area (Å²) < 4.78 is 23.5. The molecule has 4 rings (SSSR count). The average Bonchev–Trinajstić information content (AvgIpc) is 3.22. The molecule has 6 heteroatoms. The summed E-state index contributed by atoms with van der Waals surface area (Å²) in [6.07, 6.45) is 31.0. The van der Waals surface area contributed by atoms with Crippen molar-refractivity contribution < 1.29 is 28.5 Å². The second-order valence-corrected chi connectivity index (χ2v) is 17.3. The fourth-order valence-electron chi connectivity index (χ4n) is 9.22. The number of carbonyl (C=O) groups is 2. The molecule has 2 aliphatic carbocycles. The van der Waals surface area contributed by atoms with Crippen molar-refractivity contribution in [2.24, 2.45) is 23.7 Å². The first-order valence-corrected chi connectivity index (χ1v) is 23.3. The van der Waals surface area contributed by atoms with Crippen LogP contribution in [-0.4, -0.2) is 37.4 Å². The molecule has 0 amide bonds. The lowest BCUT2D eigenvalue weighted by atomic mass is 9.74. The highest BCUT2D eigenvalue weighted by atomic mass is 16.6. The van der Waals surface area contributed by atoms with Gasteiger partial charge in [-0.15, -0.1) is 0 Å². The fourth-order valence-corrected chi connectivity index (χ4v) is 9.22. The standard InChI is InChI=1S/C50H78O6/c1-5-7-9-11-13-21-41-23-15-17-25-43(41)27-19-37-53-47-33-29-45(30-34-47)49(51)55-39(3)40(4)56-50(52)46-31-35-48(36-32-46)54-38-20-28-44-26-18-16-24-42(44)22-14-12-10-8-6-2/h29-36,39-44H,5-28,37-38H2,1-4H3/t39-,40-,41?,42?,43?,44?/m1/s1. The summed E-state index contributed by atoms with van der Waals surface area (Å²) >= 11 is 0. The number of benzene rings is 2. The van der Waals surface area contributed by atoms with Gasteiger partial charge in [0.25, 0.3) is 0 Å². The number of carbonyl (C=O) groups excluding carboxylic acids is 2. The van der Waals surface area contributed by atoms with E-state index >= 15 is 0 Å². The Labute approximate surface area is 341 Å². The molecule has 0 bridgehead atoms. The Bertz CT molecular complexity index is 1230. The summed E-state index contributed by atoms with van der Waals surface area (Å²) in [6.45, 7) is 9.45. The van der Waals surface area contributed by atoms with Gasteiger partial charge in [-0.25, -0.2) is 9.59 Å². The van der Waals surface area contributed by atoms with Crippen molar-refractivity contribution in [3.63, 3.8) is 0 Å². The maximum atomic E-state index is 12.9. The van der Waals surface area contributed by atoms with E-state index in [4.69, 9.17) is 18.9 Å². The number of esters is 2. The molecule has 0 aliphatic heterocycles. The SMILES string of the molecule is CCCCCCCC1CCCCC1CCCOc1ccc(C(=O)O[C@H](C)[C@@H](C)OC(=O)c2ccc(OCCCC3CCCCC3CCCCCCC)cc2)cc1. The number of unbranched alkanes of at least 4 members (excludes halogenated alkanes) is 8. The van der Waals surface area contributed by atoms with Gasteiger partial charge in [-0.1, -0.05) is 142 Å². The van der Waals surface area contributed by atoms with Crippen LogP contribution in [0.2, 0.25) is 0 Å². The first kappa shape index (κ1) is 45.7. The highest BCUT2D eigenvalue weighted by Gasteiger charge is 2.26. The van der Waals surface area contributed by atoms with Crippen molar-refractivity contribution in [3.8, 4) is 11.5 Å². The third-order valence-electron chi connectivity index (χ3n) is 12.9. The molecule has 56 heavy (non-hydrogen) atoms. The van der Waals surface area contributed by atoms with Crippen LogP contribution in [0.1, 0.15) is 203 Å². The van der Waals surface area contributed by atoms with Gasteiger partial charge in [-0.3, -0.25) is 0 Å². The molecule has 314 valence electrons. The van der Waals surface area contributed by atoms with Crippen LogP contribution in [0.5, 0.6) is 11.5 Å². The maximum absolute atomic E-state index is 12.9. The van der Waals surface area contributed by atoms with Crippen molar-refractivity contribution >= 4 is 11.9 Å². The van der Waals surface area contributed by atoms with Crippen LogP contribution >= 0.6 is 0 Å². The lowest BCUT2D eigenvalue weighted by Crippen LogP contribution is -2.30. The largest absolute Gasteiger partial charge is 0.494 e. The molecule has 2 aliphatic rings. The lowest BCUT2D eigenvalue weighted by Gasteiger charge is -2.31. The van der Waals surface area contributed by atoms with Crippen LogP contribution in [0, 0.1) is 23.7 Å². The van der Waals surface area contributed by atoms with E-state index in [2.05, 4.69) is 13.8 Å². The van der Waals surface area contributed by atoms with Crippen LogP contribution in [0.3, 0.4) is 0 Å². The van der Waals surface area contributed by atoms with Crippen molar-refractivity contribution in [1.82, 2.24) is 0 Å². The Morgan fingerprint density at radius 3 is 1.14 bits per heavy atom. The van der Waals surface area contributed by atoms with Gasteiger partial charge < -0.3 is 18.9 Å². The molecule has 2 fully saturated rings. The highest BCUT2D eigenvalue weighted by molar-refractivity contribution is 5.90. The number of hydrogen-bond donors (Lipinski definition) is 0. The Morgan fingerprint density at radius 1 is 0.482 bits per heavy atom. The van der Waals surface area contributed by atoms with E-state index in [9.17, 15) is 9.59 Å². The van der Waals surface area contributed by atoms with E-state index in [1.165, 1.54) is 141 Å². The topological polar surface area (TPSA) is 71.1 Å². The minimum atomic E-state index is -0.616. The third-order valence-corrected chi connectivity index (χ3v) is 12.9. The molecular formula is C50H78O6. The molecule has 2 saturated carbocycles. The number of ether oxygens (including phenoxy) is 4. The smallest absolute Gasteiger partial charge is 0.338 e. The Morgan fingerprint density at radius 2 is 0.804 bits per heavy atom. The fraction of sp³-hybridized carbons (Fsp3) is 0.720. The maximum Gasteiger partial charge on any atom is 0.338 e. The molecule has 6 nitrogen and oxygen atoms in total. The van der Waals surface area contributed by atoms with Crippen LogP contribution in [0.15, 0.2) is 48.5 Å². The van der Waals surface area contributed by atoms with Gasteiger partial charge in [0.1, 0.15) is 23.7 Å². The zero-order valence-corrected chi connectivity index (χ0v) is 35.9. The Hall–Kier alpha value is -3.02. The summed E-state index contributed by atoms with van der Waals surface area (Å²) in [7, 11) is 0. The number of hydrogen-bond acceptors (Lipinski definition) is 6. The monoisotopic (exact) mass is 775 g/mol. The molecule has 0 radical (unpaired) electrons. The normalized spacial score (nSPS) is 20.9. The van der Waals surface area contributed by atoms with Gasteiger partial charge in [0.2, 0.25) is 0 Å². The van der Waals surface area contributed by atoms with E-state index in [0.717, 1.165) is 48.0 Å². The number of rotatable bonds is 27. The molecule has 0 spiro atoms. The van der Waals surface area contributed by atoms with Gasteiger partial charge in [-0.2, -0.15) is 0 Å². The minimum Gasteiger partial charge on any atom is -0.494 e. The molecule has 6 atom stereocenters. The summed E-state index contributed by atoms with van der Waals surface area (Å²) in [6, 6.07) is 14.3. The third kappa shape index (κ3) is 16.8. The van der Waals surface area contributed by atoms with Crippen LogP contribution in [0.4, 0.5) is 0 Å². The first-order chi connectivity index (χ1) is 27.4. The second kappa shape index (κ2) is 26.8. The predicted octanol–water partition coefficient (Wildman–Crippen LogP) is 14.1. The summed E-state index contributed by atoms with van der Waals surface area (Å²) in [5.41, 5.74) is 0.886. The van der Waals surface area contributed by atoms with Gasteiger partial charge in [0.15, 0.2) is 0 Å². The van der Waals surface area contributed by atoms with E-state index in [0.29, 0.717) is 24.3 Å². The van der Waals surface area contributed by atoms with Gasteiger partial charge in [0.05, 0.1) is 24.3 Å². The Balaban J connectivity index is 1.10. The molecule has 2 aromatic rings. The average molecular weight is 775 g/mol. The molecule has 0 aromatic heterocycles. The van der Waals surface area contributed by atoms with Gasteiger partial charge >= 0.3 is 11.9 Å². The van der Waals surface area contributed by atoms with Gasteiger partial charge in [-0.05, 0) is 112 Å². The van der Waals surface area contributed by atoms with Crippen LogP contribution in [0.25, 0.3) is 0 Å². The van der Waals surface area contributed by atoms with Crippen LogP contribution < -0.4 is 9.47 Å². The van der Waals surface area contributed by atoms with Crippen molar-refractivity contribution in [3.05, 3.63) is 59.7 Å². The zero-order valence-electron chi connectivity index (χ0n) is 35.9. The summed E-state index contributed by atoms with van der Waals surface area (Å²) in [5.74, 6) is 4.09.